The Balaban J connectivity index is 1.37. The molecule has 2 atom stereocenters. The Kier molecular flexibility index (Phi) is 6.32. The predicted octanol–water partition coefficient (Wildman–Crippen LogP) is 4.03. The van der Waals surface area contributed by atoms with Gasteiger partial charge in [-0.3, -0.25) is 9.69 Å². The summed E-state index contributed by atoms with van der Waals surface area (Å²) >= 11 is 0. The molecule has 0 aliphatic carbocycles. The van der Waals surface area contributed by atoms with Crippen LogP contribution in [0.3, 0.4) is 0 Å². The highest BCUT2D eigenvalue weighted by atomic mass is 19.1. The molecule has 2 fully saturated rings. The summed E-state index contributed by atoms with van der Waals surface area (Å²) in [5, 5.41) is 0. The van der Waals surface area contributed by atoms with E-state index in [9.17, 15) is 13.6 Å². The maximum atomic E-state index is 14.0. The van der Waals surface area contributed by atoms with Crippen LogP contribution in [0.15, 0.2) is 42.5 Å². The van der Waals surface area contributed by atoms with E-state index in [4.69, 9.17) is 4.74 Å². The van der Waals surface area contributed by atoms with Gasteiger partial charge in [-0.25, -0.2) is 8.78 Å². The molecule has 2 aliphatic heterocycles. The van der Waals surface area contributed by atoms with Gasteiger partial charge in [0.25, 0.3) is 0 Å². The third kappa shape index (κ3) is 4.64. The Hall–Kier alpha value is -2.47. The van der Waals surface area contributed by atoms with E-state index in [-0.39, 0.29) is 11.9 Å². The molecule has 0 aromatic heterocycles. The number of amides is 1. The molecule has 2 aliphatic rings. The van der Waals surface area contributed by atoms with Crippen molar-refractivity contribution in [2.45, 2.75) is 38.3 Å². The molecule has 0 spiro atoms. The van der Waals surface area contributed by atoms with Crippen LogP contribution in [0.1, 0.15) is 30.4 Å². The molecular formula is C24H28F2N2O2. The van der Waals surface area contributed by atoms with Gasteiger partial charge in [0.2, 0.25) is 5.91 Å². The molecule has 0 unspecified atom stereocenters. The summed E-state index contributed by atoms with van der Waals surface area (Å²) < 4.78 is 32.4. The van der Waals surface area contributed by atoms with Crippen LogP contribution in [0.25, 0.3) is 0 Å². The minimum atomic E-state index is -0.548. The van der Waals surface area contributed by atoms with Crippen LogP contribution in [0.4, 0.5) is 8.78 Å². The first-order valence-corrected chi connectivity index (χ1v) is 10.6. The first-order chi connectivity index (χ1) is 14.5. The maximum absolute atomic E-state index is 14.0. The van der Waals surface area contributed by atoms with E-state index in [0.717, 1.165) is 50.7 Å². The van der Waals surface area contributed by atoms with Crippen LogP contribution in [0, 0.1) is 17.6 Å². The summed E-state index contributed by atoms with van der Waals surface area (Å²) in [7, 11) is 1.65. The van der Waals surface area contributed by atoms with Gasteiger partial charge in [0, 0.05) is 50.3 Å². The van der Waals surface area contributed by atoms with Gasteiger partial charge in [0.15, 0.2) is 0 Å². The molecule has 2 saturated heterocycles. The van der Waals surface area contributed by atoms with Crippen molar-refractivity contribution in [3.63, 3.8) is 0 Å². The van der Waals surface area contributed by atoms with Crippen LogP contribution < -0.4 is 4.74 Å². The smallest absolute Gasteiger partial charge is 0.222 e. The third-order valence-corrected chi connectivity index (χ3v) is 6.44. The molecule has 0 saturated carbocycles. The van der Waals surface area contributed by atoms with Crippen molar-refractivity contribution in [1.29, 1.82) is 0 Å². The number of halogens is 2. The number of hydrogen-bond acceptors (Lipinski definition) is 3. The molecule has 2 aromatic carbocycles. The van der Waals surface area contributed by atoms with Gasteiger partial charge in [0.1, 0.15) is 17.4 Å². The zero-order valence-electron chi connectivity index (χ0n) is 17.3. The number of rotatable bonds is 6. The molecule has 160 valence electrons. The largest absolute Gasteiger partial charge is 0.497 e. The first-order valence-electron chi connectivity index (χ1n) is 10.6. The molecule has 4 rings (SSSR count). The van der Waals surface area contributed by atoms with Crippen molar-refractivity contribution in [2.24, 2.45) is 5.92 Å². The summed E-state index contributed by atoms with van der Waals surface area (Å²) in [6, 6.07) is 12.0. The standard InChI is InChI=1S/C24H28F2N2O2/c1-30-21-7-2-17(3-8-21)10-13-28-23-11-12-27(16-19(23)5-9-24(28)29)15-18-4-6-20(25)14-22(18)26/h2-4,6-8,14,19,23H,5,9-13,15-16H2,1H3/t19-,23+/m1/s1. The van der Waals surface area contributed by atoms with E-state index in [0.29, 0.717) is 24.4 Å². The van der Waals surface area contributed by atoms with Crippen molar-refractivity contribution >= 4 is 5.91 Å². The minimum Gasteiger partial charge on any atom is -0.497 e. The molecule has 4 nitrogen and oxygen atoms in total. The molecule has 1 amide bonds. The number of likely N-dealkylation sites (tertiary alicyclic amines) is 2. The minimum absolute atomic E-state index is 0.239. The lowest BCUT2D eigenvalue weighted by atomic mass is 9.83. The fourth-order valence-electron chi connectivity index (χ4n) is 4.79. The summed E-state index contributed by atoms with van der Waals surface area (Å²) in [6.07, 6.45) is 3.17. The maximum Gasteiger partial charge on any atom is 0.222 e. The Bertz CT molecular complexity index is 887. The van der Waals surface area contributed by atoms with Crippen molar-refractivity contribution in [3.05, 3.63) is 65.2 Å². The quantitative estimate of drug-likeness (QED) is 0.716. The highest BCUT2D eigenvalue weighted by Crippen LogP contribution is 2.32. The predicted molar refractivity (Wildman–Crippen MR) is 111 cm³/mol. The van der Waals surface area contributed by atoms with Gasteiger partial charge in [-0.05, 0) is 48.9 Å². The number of piperidine rings is 2. The second-order valence-corrected chi connectivity index (χ2v) is 8.31. The Morgan fingerprint density at radius 2 is 1.90 bits per heavy atom. The van der Waals surface area contributed by atoms with E-state index in [1.54, 1.807) is 7.11 Å². The van der Waals surface area contributed by atoms with Crippen LogP contribution >= 0.6 is 0 Å². The van der Waals surface area contributed by atoms with Gasteiger partial charge in [0.05, 0.1) is 7.11 Å². The van der Waals surface area contributed by atoms with Crippen molar-refractivity contribution in [3.8, 4) is 5.75 Å². The molecule has 0 bridgehead atoms. The Morgan fingerprint density at radius 3 is 2.63 bits per heavy atom. The topological polar surface area (TPSA) is 32.8 Å². The lowest BCUT2D eigenvalue weighted by molar-refractivity contribution is -0.141. The van der Waals surface area contributed by atoms with E-state index in [1.807, 2.05) is 24.3 Å². The van der Waals surface area contributed by atoms with Crippen LogP contribution in [0.5, 0.6) is 5.75 Å². The number of hydrogen-bond donors (Lipinski definition) is 0. The third-order valence-electron chi connectivity index (χ3n) is 6.44. The number of fused-ring (bicyclic) bond motifs is 1. The van der Waals surface area contributed by atoms with Gasteiger partial charge in [-0.2, -0.15) is 0 Å². The van der Waals surface area contributed by atoms with Gasteiger partial charge >= 0.3 is 0 Å². The number of methoxy groups -OCH3 is 1. The van der Waals surface area contributed by atoms with Crippen molar-refractivity contribution < 1.29 is 18.3 Å². The number of carbonyl (C=O) groups is 1. The van der Waals surface area contributed by atoms with E-state index in [2.05, 4.69) is 9.80 Å². The zero-order chi connectivity index (χ0) is 21.1. The molecule has 0 N–H and O–H groups in total. The molecule has 2 aromatic rings. The fourth-order valence-corrected chi connectivity index (χ4v) is 4.79. The highest BCUT2D eigenvalue weighted by molar-refractivity contribution is 5.77. The lowest BCUT2D eigenvalue weighted by Crippen LogP contribution is -2.56. The fraction of sp³-hybridized carbons (Fsp3) is 0.458. The van der Waals surface area contributed by atoms with E-state index < -0.39 is 11.6 Å². The normalized spacial score (nSPS) is 22.1. The number of ether oxygens (including phenoxy) is 1. The monoisotopic (exact) mass is 414 g/mol. The summed E-state index contributed by atoms with van der Waals surface area (Å²) in [6.45, 7) is 2.85. The number of benzene rings is 2. The molecular weight excluding hydrogens is 386 g/mol. The summed E-state index contributed by atoms with van der Waals surface area (Å²) in [4.78, 5) is 16.9. The Labute approximate surface area is 176 Å². The zero-order valence-corrected chi connectivity index (χ0v) is 17.3. The van der Waals surface area contributed by atoms with Crippen LogP contribution in [-0.4, -0.2) is 48.5 Å². The molecule has 6 heteroatoms. The van der Waals surface area contributed by atoms with Crippen molar-refractivity contribution in [1.82, 2.24) is 9.80 Å². The number of carbonyl (C=O) groups excluding carboxylic acids is 1. The van der Waals surface area contributed by atoms with Crippen LogP contribution in [-0.2, 0) is 17.8 Å². The summed E-state index contributed by atoms with van der Waals surface area (Å²) in [5.41, 5.74) is 1.72. The second kappa shape index (κ2) is 9.13. The lowest BCUT2D eigenvalue weighted by Gasteiger charge is -2.47. The molecule has 2 heterocycles. The SMILES string of the molecule is COc1ccc(CCN2C(=O)CC[C@@H]3CN(Cc4ccc(F)cc4F)CC[C@@H]32)cc1. The van der Waals surface area contributed by atoms with Gasteiger partial charge in [-0.1, -0.05) is 18.2 Å². The van der Waals surface area contributed by atoms with Crippen LogP contribution in [0.2, 0.25) is 0 Å². The molecule has 0 radical (unpaired) electrons. The second-order valence-electron chi connectivity index (χ2n) is 8.31. The highest BCUT2D eigenvalue weighted by Gasteiger charge is 2.39. The van der Waals surface area contributed by atoms with E-state index in [1.165, 1.54) is 17.7 Å². The average Bonchev–Trinajstić information content (AvgIpc) is 2.75. The molecule has 30 heavy (non-hydrogen) atoms. The number of nitrogens with zero attached hydrogens (tertiary/aromatic N) is 2. The Morgan fingerprint density at radius 1 is 1.10 bits per heavy atom. The average molecular weight is 414 g/mol. The van der Waals surface area contributed by atoms with Gasteiger partial charge < -0.3 is 9.64 Å². The van der Waals surface area contributed by atoms with Gasteiger partial charge in [-0.15, -0.1) is 0 Å². The summed E-state index contributed by atoms with van der Waals surface area (Å²) in [5.74, 6) is 0.432. The first kappa shape index (κ1) is 20.8. The van der Waals surface area contributed by atoms with Crippen molar-refractivity contribution in [2.75, 3.05) is 26.7 Å². The van der Waals surface area contributed by atoms with E-state index >= 15 is 0 Å².